The van der Waals surface area contributed by atoms with Crippen LogP contribution in [0.1, 0.15) is 12.5 Å². The summed E-state index contributed by atoms with van der Waals surface area (Å²) >= 11 is 8.27. The van der Waals surface area contributed by atoms with Gasteiger partial charge in [-0.15, -0.1) is 0 Å². The number of carbonyl (C=O) groups excluding carboxylic acids is 1. The Bertz CT molecular complexity index is 629. The molecule has 2 aromatic carbocycles. The predicted octanol–water partition coefficient (Wildman–Crippen LogP) is 3.76. The second-order valence-electron chi connectivity index (χ2n) is 4.65. The first-order valence-corrected chi connectivity index (χ1v) is 7.48. The van der Waals surface area contributed by atoms with Crippen LogP contribution in [0.4, 0.5) is 5.69 Å². The molecule has 0 radical (unpaired) electrons. The summed E-state index contributed by atoms with van der Waals surface area (Å²) in [6.07, 6.45) is 0. The molecule has 0 aromatic heterocycles. The minimum atomic E-state index is -1.12. The van der Waals surface area contributed by atoms with E-state index in [-0.39, 0.29) is 5.91 Å². The van der Waals surface area contributed by atoms with Crippen molar-refractivity contribution in [1.82, 2.24) is 0 Å². The van der Waals surface area contributed by atoms with E-state index in [9.17, 15) is 4.79 Å². The SMILES string of the molecule is CC(N)(C(=O)Nc1ccc(I)cc1Cl)c1ccccc1. The number of hydrogen-bond acceptors (Lipinski definition) is 2. The maximum absolute atomic E-state index is 12.4. The number of amides is 1. The molecule has 0 spiro atoms. The Hall–Kier alpha value is -1.11. The summed E-state index contributed by atoms with van der Waals surface area (Å²) in [5.41, 5.74) is 6.34. The van der Waals surface area contributed by atoms with Gasteiger partial charge >= 0.3 is 0 Å². The van der Waals surface area contributed by atoms with E-state index in [2.05, 4.69) is 27.9 Å². The van der Waals surface area contributed by atoms with Crippen molar-refractivity contribution in [2.75, 3.05) is 5.32 Å². The van der Waals surface area contributed by atoms with Gasteiger partial charge in [0.05, 0.1) is 10.7 Å². The van der Waals surface area contributed by atoms with Crippen LogP contribution in [-0.2, 0) is 10.3 Å². The highest BCUT2D eigenvalue weighted by molar-refractivity contribution is 14.1. The molecule has 2 aromatic rings. The Balaban J connectivity index is 2.23. The van der Waals surface area contributed by atoms with Gasteiger partial charge in [0.1, 0.15) is 5.54 Å². The second kappa shape index (κ2) is 6.11. The summed E-state index contributed by atoms with van der Waals surface area (Å²) in [5, 5.41) is 3.27. The lowest BCUT2D eigenvalue weighted by Crippen LogP contribution is -2.45. The van der Waals surface area contributed by atoms with Crippen LogP contribution in [0.15, 0.2) is 48.5 Å². The highest BCUT2D eigenvalue weighted by atomic mass is 127. The lowest BCUT2D eigenvalue weighted by Gasteiger charge is -2.24. The lowest BCUT2D eigenvalue weighted by molar-refractivity contribution is -0.120. The molecule has 0 fully saturated rings. The Morgan fingerprint density at radius 3 is 2.50 bits per heavy atom. The van der Waals surface area contributed by atoms with Gasteiger partial charge in [-0.25, -0.2) is 0 Å². The molecule has 0 aliphatic rings. The fraction of sp³-hybridized carbons (Fsp3) is 0.133. The first-order valence-electron chi connectivity index (χ1n) is 6.02. The van der Waals surface area contributed by atoms with Gasteiger partial charge in [-0.3, -0.25) is 4.79 Å². The summed E-state index contributed by atoms with van der Waals surface area (Å²) in [6, 6.07) is 14.7. The number of benzene rings is 2. The molecule has 2 rings (SSSR count). The van der Waals surface area contributed by atoms with Gasteiger partial charge in [-0.05, 0) is 53.3 Å². The van der Waals surface area contributed by atoms with Gasteiger partial charge in [-0.1, -0.05) is 41.9 Å². The molecule has 0 saturated carbocycles. The summed E-state index contributed by atoms with van der Waals surface area (Å²) in [7, 11) is 0. The lowest BCUT2D eigenvalue weighted by atomic mass is 9.92. The molecule has 0 aliphatic carbocycles. The van der Waals surface area contributed by atoms with E-state index < -0.39 is 5.54 Å². The van der Waals surface area contributed by atoms with Crippen LogP contribution >= 0.6 is 34.2 Å². The smallest absolute Gasteiger partial charge is 0.248 e. The first kappa shape index (κ1) is 15.3. The molecular weight excluding hydrogens is 387 g/mol. The molecule has 20 heavy (non-hydrogen) atoms. The number of carbonyl (C=O) groups is 1. The van der Waals surface area contributed by atoms with E-state index in [0.29, 0.717) is 10.7 Å². The van der Waals surface area contributed by atoms with Crippen LogP contribution in [0.5, 0.6) is 0 Å². The molecule has 0 aliphatic heterocycles. The third kappa shape index (κ3) is 3.31. The van der Waals surface area contributed by atoms with Crippen LogP contribution in [0.25, 0.3) is 0 Å². The number of nitrogens with one attached hydrogen (secondary N) is 1. The average molecular weight is 401 g/mol. The molecule has 0 heterocycles. The highest BCUT2D eigenvalue weighted by Gasteiger charge is 2.30. The van der Waals surface area contributed by atoms with Crippen molar-refractivity contribution in [3.63, 3.8) is 0 Å². The number of rotatable bonds is 3. The third-order valence-electron chi connectivity index (χ3n) is 3.02. The van der Waals surface area contributed by atoms with Crippen LogP contribution < -0.4 is 11.1 Å². The zero-order valence-corrected chi connectivity index (χ0v) is 13.8. The van der Waals surface area contributed by atoms with Crippen molar-refractivity contribution in [2.24, 2.45) is 5.73 Å². The standard InChI is InChI=1S/C15H14ClIN2O/c1-15(18,10-5-3-2-4-6-10)14(20)19-13-8-7-11(17)9-12(13)16/h2-9H,18H2,1H3,(H,19,20). The van der Waals surface area contributed by atoms with Crippen molar-refractivity contribution in [3.8, 4) is 0 Å². The summed E-state index contributed by atoms with van der Waals surface area (Å²) in [6.45, 7) is 1.68. The second-order valence-corrected chi connectivity index (χ2v) is 6.30. The predicted molar refractivity (Wildman–Crippen MR) is 90.8 cm³/mol. The number of anilines is 1. The van der Waals surface area contributed by atoms with Gasteiger partial charge in [-0.2, -0.15) is 0 Å². The van der Waals surface area contributed by atoms with Gasteiger partial charge < -0.3 is 11.1 Å². The largest absolute Gasteiger partial charge is 0.323 e. The van der Waals surface area contributed by atoms with Gasteiger partial charge in [0.15, 0.2) is 0 Å². The maximum Gasteiger partial charge on any atom is 0.248 e. The molecule has 0 saturated heterocycles. The Kier molecular flexibility index (Phi) is 4.67. The molecule has 0 bridgehead atoms. The van der Waals surface area contributed by atoms with Gasteiger partial charge in [0, 0.05) is 3.57 Å². The number of nitrogens with two attached hydrogens (primary N) is 1. The Labute approximate surface area is 136 Å². The van der Waals surface area contributed by atoms with Crippen LogP contribution in [0.3, 0.4) is 0 Å². The van der Waals surface area contributed by atoms with E-state index in [0.717, 1.165) is 9.13 Å². The molecule has 1 atom stereocenters. The molecule has 3 N–H and O–H groups in total. The minimum Gasteiger partial charge on any atom is -0.323 e. The molecule has 104 valence electrons. The normalized spacial score (nSPS) is 13.6. The maximum atomic E-state index is 12.4. The van der Waals surface area contributed by atoms with E-state index in [1.807, 2.05) is 36.4 Å². The van der Waals surface area contributed by atoms with Crippen LogP contribution in [0, 0.1) is 3.57 Å². The molecule has 3 nitrogen and oxygen atoms in total. The monoisotopic (exact) mass is 400 g/mol. The first-order chi connectivity index (χ1) is 9.41. The molecular formula is C15H14ClIN2O. The summed E-state index contributed by atoms with van der Waals surface area (Å²) in [4.78, 5) is 12.4. The third-order valence-corrected chi connectivity index (χ3v) is 4.01. The van der Waals surface area contributed by atoms with Crippen molar-refractivity contribution in [2.45, 2.75) is 12.5 Å². The fourth-order valence-electron chi connectivity index (χ4n) is 1.76. The van der Waals surface area contributed by atoms with Crippen LogP contribution in [-0.4, -0.2) is 5.91 Å². The number of hydrogen-bond donors (Lipinski definition) is 2. The van der Waals surface area contributed by atoms with E-state index in [1.165, 1.54) is 0 Å². The summed E-state index contributed by atoms with van der Waals surface area (Å²) in [5.74, 6) is -0.299. The van der Waals surface area contributed by atoms with E-state index in [1.54, 1.807) is 19.1 Å². The summed E-state index contributed by atoms with van der Waals surface area (Å²) < 4.78 is 1.00. The molecule has 1 amide bonds. The number of halogens is 2. The zero-order chi connectivity index (χ0) is 14.8. The van der Waals surface area contributed by atoms with Gasteiger partial charge in [0.25, 0.3) is 0 Å². The topological polar surface area (TPSA) is 55.1 Å². The highest BCUT2D eigenvalue weighted by Crippen LogP contribution is 2.26. The minimum absolute atomic E-state index is 0.299. The van der Waals surface area contributed by atoms with E-state index in [4.69, 9.17) is 17.3 Å². The molecule has 5 heteroatoms. The quantitative estimate of drug-likeness (QED) is 0.771. The zero-order valence-electron chi connectivity index (χ0n) is 10.9. The van der Waals surface area contributed by atoms with Crippen molar-refractivity contribution in [3.05, 3.63) is 62.7 Å². The van der Waals surface area contributed by atoms with Crippen LogP contribution in [0.2, 0.25) is 5.02 Å². The van der Waals surface area contributed by atoms with Crippen molar-refractivity contribution in [1.29, 1.82) is 0 Å². The fourth-order valence-corrected chi connectivity index (χ4v) is 2.66. The van der Waals surface area contributed by atoms with E-state index >= 15 is 0 Å². The van der Waals surface area contributed by atoms with Crippen molar-refractivity contribution >= 4 is 45.8 Å². The molecule has 1 unspecified atom stereocenters. The van der Waals surface area contributed by atoms with Crippen molar-refractivity contribution < 1.29 is 4.79 Å². The van der Waals surface area contributed by atoms with Gasteiger partial charge in [0.2, 0.25) is 5.91 Å². The Morgan fingerprint density at radius 2 is 1.90 bits per heavy atom. The average Bonchev–Trinajstić information content (AvgIpc) is 2.42. The Morgan fingerprint density at radius 1 is 1.25 bits per heavy atom.